The van der Waals surface area contributed by atoms with Crippen molar-refractivity contribution in [2.75, 3.05) is 12.5 Å². The number of sulfonamides is 1. The van der Waals surface area contributed by atoms with Crippen molar-refractivity contribution in [3.63, 3.8) is 0 Å². The Balaban J connectivity index is 2.32. The Morgan fingerprint density at radius 1 is 1.35 bits per heavy atom. The van der Waals surface area contributed by atoms with Gasteiger partial charge in [-0.05, 0) is 26.0 Å². The Hall–Kier alpha value is -1.47. The Kier molecular flexibility index (Phi) is 4.39. The zero-order valence-electron chi connectivity index (χ0n) is 11.2. The fraction of sp³-hybridized carbons (Fsp3) is 0.308. The minimum atomic E-state index is -3.72. The topological polar surface area (TPSA) is 63.7 Å². The monoisotopic (exact) mass is 313 g/mol. The van der Waals surface area contributed by atoms with Crippen molar-refractivity contribution >= 4 is 27.8 Å². The molecule has 1 aliphatic heterocycles. The van der Waals surface area contributed by atoms with Crippen molar-refractivity contribution in [2.45, 2.75) is 18.7 Å². The van der Waals surface area contributed by atoms with Crippen LogP contribution < -0.4 is 0 Å². The van der Waals surface area contributed by atoms with Crippen molar-refractivity contribution in [1.29, 1.82) is 0 Å². The first-order valence-corrected chi connectivity index (χ1v) is 8.54. The summed E-state index contributed by atoms with van der Waals surface area (Å²) in [6.07, 6.45) is 0. The van der Waals surface area contributed by atoms with Gasteiger partial charge in [-0.25, -0.2) is 17.5 Å². The van der Waals surface area contributed by atoms with Gasteiger partial charge in [-0.3, -0.25) is 0 Å². The number of hydrogen-bond donors (Lipinski definition) is 0. The first-order valence-electron chi connectivity index (χ1n) is 6.05. The maximum absolute atomic E-state index is 12.5. The molecule has 5 nitrogen and oxygen atoms in total. The molecule has 0 spiro atoms. The first kappa shape index (κ1) is 14.9. The average Bonchev–Trinajstić information content (AvgIpc) is 2.89. The van der Waals surface area contributed by atoms with Crippen LogP contribution in [0, 0.1) is 6.92 Å². The molecule has 20 heavy (non-hydrogen) atoms. The van der Waals surface area contributed by atoms with E-state index in [4.69, 9.17) is 4.74 Å². The highest BCUT2D eigenvalue weighted by molar-refractivity contribution is 8.03. The molecular formula is C13H15NO4S2. The van der Waals surface area contributed by atoms with Gasteiger partial charge in [-0.1, -0.05) is 17.7 Å². The molecular weight excluding hydrogens is 298 g/mol. The molecule has 1 aromatic carbocycles. The predicted molar refractivity (Wildman–Crippen MR) is 77.4 cm³/mol. The van der Waals surface area contributed by atoms with Gasteiger partial charge in [0.05, 0.1) is 17.4 Å². The minimum Gasteiger partial charge on any atom is -0.461 e. The van der Waals surface area contributed by atoms with Gasteiger partial charge in [0, 0.05) is 5.41 Å². The second kappa shape index (κ2) is 5.88. The molecule has 0 N–H and O–H groups in total. The third kappa shape index (κ3) is 2.83. The number of rotatable bonds is 4. The SMILES string of the molecule is CCOC(=O)C1=CSCN1S(=O)(=O)c1ccc(C)cc1. The number of nitrogens with zero attached hydrogens (tertiary/aromatic N) is 1. The van der Waals surface area contributed by atoms with Crippen LogP contribution >= 0.6 is 11.8 Å². The number of thioether (sulfide) groups is 1. The lowest BCUT2D eigenvalue weighted by molar-refractivity contribution is -0.139. The lowest BCUT2D eigenvalue weighted by atomic mass is 10.2. The zero-order valence-corrected chi connectivity index (χ0v) is 12.8. The minimum absolute atomic E-state index is 0.0671. The largest absolute Gasteiger partial charge is 0.461 e. The third-order valence-corrected chi connectivity index (χ3v) is 5.48. The fourth-order valence-electron chi connectivity index (χ4n) is 1.70. The number of carbonyl (C=O) groups is 1. The van der Waals surface area contributed by atoms with Crippen LogP contribution in [0.5, 0.6) is 0 Å². The summed E-state index contributed by atoms with van der Waals surface area (Å²) in [6, 6.07) is 6.53. The van der Waals surface area contributed by atoms with Gasteiger partial charge in [0.25, 0.3) is 10.0 Å². The van der Waals surface area contributed by atoms with Gasteiger partial charge in [0.2, 0.25) is 0 Å². The molecule has 0 radical (unpaired) electrons. The second-order valence-electron chi connectivity index (χ2n) is 4.19. The van der Waals surface area contributed by atoms with Gasteiger partial charge in [0.15, 0.2) is 0 Å². The van der Waals surface area contributed by atoms with E-state index in [2.05, 4.69) is 0 Å². The molecule has 7 heteroatoms. The molecule has 0 saturated carbocycles. The number of hydrogen-bond acceptors (Lipinski definition) is 5. The van der Waals surface area contributed by atoms with E-state index >= 15 is 0 Å². The quantitative estimate of drug-likeness (QED) is 0.797. The molecule has 0 unspecified atom stereocenters. The van der Waals surface area contributed by atoms with E-state index in [0.29, 0.717) is 0 Å². The summed E-state index contributed by atoms with van der Waals surface area (Å²) < 4.78 is 31.0. The summed E-state index contributed by atoms with van der Waals surface area (Å²) in [7, 11) is -3.72. The summed E-state index contributed by atoms with van der Waals surface area (Å²) in [5.74, 6) is -0.433. The molecule has 0 atom stereocenters. The molecule has 0 aromatic heterocycles. The van der Waals surface area contributed by atoms with Crippen LogP contribution in [0.1, 0.15) is 12.5 Å². The normalized spacial score (nSPS) is 15.1. The molecule has 1 aromatic rings. The second-order valence-corrected chi connectivity index (χ2v) is 6.88. The van der Waals surface area contributed by atoms with Gasteiger partial charge < -0.3 is 4.74 Å². The molecule has 2 rings (SSSR count). The lowest BCUT2D eigenvalue weighted by Crippen LogP contribution is -2.31. The summed E-state index contributed by atoms with van der Waals surface area (Å²) in [5, 5.41) is 1.52. The lowest BCUT2D eigenvalue weighted by Gasteiger charge is -2.20. The number of carbonyl (C=O) groups excluding carboxylic acids is 1. The van der Waals surface area contributed by atoms with Crippen LogP contribution in [0.2, 0.25) is 0 Å². The van der Waals surface area contributed by atoms with Gasteiger partial charge in [-0.2, -0.15) is 0 Å². The molecule has 0 saturated heterocycles. The van der Waals surface area contributed by atoms with Crippen molar-refractivity contribution in [1.82, 2.24) is 4.31 Å². The maximum Gasteiger partial charge on any atom is 0.356 e. The Morgan fingerprint density at radius 2 is 2.00 bits per heavy atom. The zero-order chi connectivity index (χ0) is 14.8. The molecule has 0 fully saturated rings. The van der Waals surface area contributed by atoms with Crippen LogP contribution in [0.4, 0.5) is 0 Å². The highest BCUT2D eigenvalue weighted by atomic mass is 32.2. The highest BCUT2D eigenvalue weighted by Crippen LogP contribution is 2.30. The number of esters is 1. The van der Waals surface area contributed by atoms with E-state index in [1.165, 1.54) is 29.3 Å². The number of benzene rings is 1. The van der Waals surface area contributed by atoms with Crippen molar-refractivity contribution in [3.05, 3.63) is 40.9 Å². The van der Waals surface area contributed by atoms with Gasteiger partial charge in [0.1, 0.15) is 5.70 Å². The van der Waals surface area contributed by atoms with E-state index in [1.807, 2.05) is 6.92 Å². The molecule has 108 valence electrons. The smallest absolute Gasteiger partial charge is 0.356 e. The summed E-state index contributed by atoms with van der Waals surface area (Å²) in [5.41, 5.74) is 1.04. The van der Waals surface area contributed by atoms with Crippen LogP contribution in [0.15, 0.2) is 40.3 Å². The summed E-state index contributed by atoms with van der Waals surface area (Å²) in [6.45, 7) is 3.77. The first-order chi connectivity index (χ1) is 9.46. The molecule has 0 aliphatic carbocycles. The number of aryl methyl sites for hydroxylation is 1. The Morgan fingerprint density at radius 3 is 2.60 bits per heavy atom. The predicted octanol–water partition coefficient (Wildman–Crippen LogP) is 2.09. The standard InChI is InChI=1S/C13H15NO4S2/c1-3-18-13(15)12-8-19-9-14(12)20(16,17)11-6-4-10(2)5-7-11/h4-8H,3,9H2,1-2H3. The molecule has 0 bridgehead atoms. The molecule has 1 aliphatic rings. The molecule has 1 heterocycles. The highest BCUT2D eigenvalue weighted by Gasteiger charge is 2.34. The van der Waals surface area contributed by atoms with Crippen LogP contribution in [0.3, 0.4) is 0 Å². The van der Waals surface area contributed by atoms with Crippen LogP contribution in [0.25, 0.3) is 0 Å². The Labute approximate surface area is 122 Å². The van der Waals surface area contributed by atoms with Gasteiger partial charge >= 0.3 is 5.97 Å². The average molecular weight is 313 g/mol. The van der Waals surface area contributed by atoms with E-state index in [0.717, 1.165) is 9.87 Å². The fourth-order valence-corrected chi connectivity index (χ4v) is 4.36. The van der Waals surface area contributed by atoms with E-state index in [-0.39, 0.29) is 23.1 Å². The van der Waals surface area contributed by atoms with E-state index in [9.17, 15) is 13.2 Å². The Bertz CT molecular complexity index is 635. The van der Waals surface area contributed by atoms with E-state index in [1.54, 1.807) is 19.1 Å². The van der Waals surface area contributed by atoms with Crippen molar-refractivity contribution < 1.29 is 17.9 Å². The van der Waals surface area contributed by atoms with Crippen molar-refractivity contribution in [2.24, 2.45) is 0 Å². The number of ether oxygens (including phenoxy) is 1. The molecule has 0 amide bonds. The summed E-state index contributed by atoms with van der Waals surface area (Å²) in [4.78, 5) is 11.9. The van der Waals surface area contributed by atoms with Crippen molar-refractivity contribution in [3.8, 4) is 0 Å². The van der Waals surface area contributed by atoms with Crippen LogP contribution in [-0.4, -0.2) is 31.2 Å². The van der Waals surface area contributed by atoms with Crippen LogP contribution in [-0.2, 0) is 19.6 Å². The van der Waals surface area contributed by atoms with Gasteiger partial charge in [-0.15, -0.1) is 11.8 Å². The third-order valence-electron chi connectivity index (χ3n) is 2.75. The maximum atomic E-state index is 12.5. The van der Waals surface area contributed by atoms with E-state index < -0.39 is 16.0 Å². The summed E-state index contributed by atoms with van der Waals surface area (Å²) >= 11 is 1.25.